The third-order valence-electron chi connectivity index (χ3n) is 4.29. The predicted molar refractivity (Wildman–Crippen MR) is 113 cm³/mol. The number of benzene rings is 2. The van der Waals surface area contributed by atoms with Crippen LogP contribution in [0.1, 0.15) is 5.56 Å². The van der Waals surface area contributed by atoms with Gasteiger partial charge in [-0.2, -0.15) is 0 Å². The fourth-order valence-electron chi connectivity index (χ4n) is 2.93. The number of aryl methyl sites for hydroxylation is 1. The van der Waals surface area contributed by atoms with Crippen molar-refractivity contribution < 1.29 is 9.53 Å². The lowest BCUT2D eigenvalue weighted by Crippen LogP contribution is -2.14. The highest BCUT2D eigenvalue weighted by atomic mass is 35.5. The molecule has 4 aromatic rings. The number of aromatic amines is 1. The first-order chi connectivity index (χ1) is 13.5. The molecule has 142 valence electrons. The van der Waals surface area contributed by atoms with Crippen LogP contribution in [0.25, 0.3) is 21.9 Å². The van der Waals surface area contributed by atoms with Crippen molar-refractivity contribution in [3.63, 3.8) is 0 Å². The molecule has 4 rings (SSSR count). The van der Waals surface area contributed by atoms with Crippen LogP contribution in [0.3, 0.4) is 0 Å². The largest absolute Gasteiger partial charge is 0.497 e. The number of hydrogen-bond donors (Lipinski definition) is 2. The minimum absolute atomic E-state index is 0.153. The van der Waals surface area contributed by atoms with Gasteiger partial charge in [-0.15, -0.1) is 0 Å². The van der Waals surface area contributed by atoms with Gasteiger partial charge in [0.1, 0.15) is 22.6 Å². The van der Waals surface area contributed by atoms with Crippen molar-refractivity contribution in [1.82, 2.24) is 15.0 Å². The van der Waals surface area contributed by atoms with E-state index in [2.05, 4.69) is 20.3 Å². The van der Waals surface area contributed by atoms with Gasteiger partial charge in [-0.25, -0.2) is 9.97 Å². The lowest BCUT2D eigenvalue weighted by Gasteiger charge is -2.07. The van der Waals surface area contributed by atoms with Crippen LogP contribution in [0.15, 0.2) is 47.8 Å². The molecule has 0 radical (unpaired) electrons. The first kappa shape index (κ1) is 18.6. The van der Waals surface area contributed by atoms with E-state index in [0.717, 1.165) is 33.2 Å². The van der Waals surface area contributed by atoms with E-state index in [4.69, 9.17) is 16.3 Å². The molecule has 8 heteroatoms. The number of nitrogens with one attached hydrogen (secondary N) is 2. The van der Waals surface area contributed by atoms with Crippen LogP contribution < -0.4 is 10.1 Å². The number of rotatable bonds is 5. The van der Waals surface area contributed by atoms with E-state index in [1.54, 1.807) is 13.2 Å². The van der Waals surface area contributed by atoms with E-state index < -0.39 is 0 Å². The predicted octanol–water partition coefficient (Wildman–Crippen LogP) is 4.81. The van der Waals surface area contributed by atoms with E-state index in [1.165, 1.54) is 18.1 Å². The third-order valence-corrected chi connectivity index (χ3v) is 5.59. The van der Waals surface area contributed by atoms with Gasteiger partial charge in [-0.05, 0) is 42.8 Å². The van der Waals surface area contributed by atoms with Gasteiger partial charge in [0.05, 0.1) is 29.1 Å². The molecule has 0 spiro atoms. The minimum Gasteiger partial charge on any atom is -0.497 e. The van der Waals surface area contributed by atoms with E-state index in [9.17, 15) is 4.79 Å². The van der Waals surface area contributed by atoms with E-state index in [-0.39, 0.29) is 11.7 Å². The number of fused-ring (bicyclic) bond motifs is 3. The van der Waals surface area contributed by atoms with Crippen LogP contribution >= 0.6 is 23.4 Å². The zero-order valence-electron chi connectivity index (χ0n) is 15.2. The van der Waals surface area contributed by atoms with Gasteiger partial charge < -0.3 is 15.0 Å². The lowest BCUT2D eigenvalue weighted by molar-refractivity contribution is -0.113. The van der Waals surface area contributed by atoms with E-state index >= 15 is 0 Å². The Bertz CT molecular complexity index is 1190. The normalized spacial score (nSPS) is 11.1. The maximum absolute atomic E-state index is 12.4. The van der Waals surface area contributed by atoms with Gasteiger partial charge in [0, 0.05) is 10.9 Å². The molecule has 1 amide bonds. The molecule has 0 atom stereocenters. The van der Waals surface area contributed by atoms with Crippen molar-refractivity contribution in [2.75, 3.05) is 18.2 Å². The summed E-state index contributed by atoms with van der Waals surface area (Å²) in [6, 6.07) is 11.3. The molecule has 0 aliphatic rings. The molecule has 0 aliphatic carbocycles. The second-order valence-corrected chi connectivity index (χ2v) is 7.63. The molecule has 2 aromatic carbocycles. The van der Waals surface area contributed by atoms with E-state index in [1.807, 2.05) is 37.3 Å². The topological polar surface area (TPSA) is 79.9 Å². The van der Waals surface area contributed by atoms with Gasteiger partial charge in [0.15, 0.2) is 0 Å². The van der Waals surface area contributed by atoms with Gasteiger partial charge in [-0.1, -0.05) is 29.4 Å². The highest BCUT2D eigenvalue weighted by molar-refractivity contribution is 8.00. The van der Waals surface area contributed by atoms with Crippen LogP contribution in [0.4, 0.5) is 5.69 Å². The van der Waals surface area contributed by atoms with Crippen LogP contribution in [-0.4, -0.2) is 33.7 Å². The minimum atomic E-state index is -0.153. The molecule has 2 N–H and O–H groups in total. The van der Waals surface area contributed by atoms with Gasteiger partial charge >= 0.3 is 0 Å². The molecule has 28 heavy (non-hydrogen) atoms. The van der Waals surface area contributed by atoms with Crippen molar-refractivity contribution in [3.8, 4) is 5.75 Å². The molecule has 6 nitrogen and oxygen atoms in total. The average Bonchev–Trinajstić information content (AvgIpc) is 3.07. The highest BCUT2D eigenvalue weighted by Crippen LogP contribution is 2.32. The summed E-state index contributed by atoms with van der Waals surface area (Å²) in [7, 11) is 1.63. The summed E-state index contributed by atoms with van der Waals surface area (Å²) in [6.07, 6.45) is 1.51. The second kappa shape index (κ2) is 7.69. The summed E-state index contributed by atoms with van der Waals surface area (Å²) in [4.78, 5) is 24.4. The molecule has 2 heterocycles. The Morgan fingerprint density at radius 1 is 1.25 bits per heavy atom. The quantitative estimate of drug-likeness (QED) is 0.363. The smallest absolute Gasteiger partial charge is 0.234 e. The molecule has 2 aromatic heterocycles. The average molecular weight is 413 g/mol. The Balaban J connectivity index is 1.55. The summed E-state index contributed by atoms with van der Waals surface area (Å²) in [5.74, 6) is 0.811. The Kier molecular flexibility index (Phi) is 5.11. The van der Waals surface area contributed by atoms with Gasteiger partial charge in [0.25, 0.3) is 0 Å². The Morgan fingerprint density at radius 3 is 2.89 bits per heavy atom. The zero-order valence-corrected chi connectivity index (χ0v) is 16.8. The fraction of sp³-hybridized carbons (Fsp3) is 0.150. The standard InChI is InChI=1S/C20H17ClN4O2S/c1-11-3-5-16(14(21)7-11)24-17(26)9-28-20-19-18(22-10-23-20)13-8-12(27-2)4-6-15(13)25-19/h3-8,10,25H,9H2,1-2H3,(H,24,26). The third kappa shape index (κ3) is 3.63. The van der Waals surface area contributed by atoms with Crippen molar-refractivity contribution in [2.24, 2.45) is 0 Å². The lowest BCUT2D eigenvalue weighted by atomic mass is 10.2. The summed E-state index contributed by atoms with van der Waals surface area (Å²) >= 11 is 7.52. The highest BCUT2D eigenvalue weighted by Gasteiger charge is 2.14. The molecule has 0 saturated carbocycles. The van der Waals surface area contributed by atoms with Crippen molar-refractivity contribution >= 4 is 56.9 Å². The van der Waals surface area contributed by atoms with Crippen molar-refractivity contribution in [1.29, 1.82) is 0 Å². The number of nitrogens with zero attached hydrogens (tertiary/aromatic N) is 2. The number of H-pyrrole nitrogens is 1. The molecular weight excluding hydrogens is 396 g/mol. The summed E-state index contributed by atoms with van der Waals surface area (Å²) in [6.45, 7) is 1.95. The second-order valence-electron chi connectivity index (χ2n) is 6.26. The Labute approximate surface area is 170 Å². The van der Waals surface area contributed by atoms with Crippen LogP contribution in [0, 0.1) is 6.92 Å². The number of carbonyl (C=O) groups excluding carboxylic acids is 1. The number of aromatic nitrogens is 3. The van der Waals surface area contributed by atoms with Crippen molar-refractivity contribution in [2.45, 2.75) is 11.9 Å². The van der Waals surface area contributed by atoms with Crippen LogP contribution in [0.5, 0.6) is 5.75 Å². The van der Waals surface area contributed by atoms with Gasteiger partial charge in [-0.3, -0.25) is 4.79 Å². The number of amides is 1. The number of anilines is 1. The summed E-state index contributed by atoms with van der Waals surface area (Å²) in [5.41, 5.74) is 4.18. The molecule has 0 aliphatic heterocycles. The first-order valence-electron chi connectivity index (χ1n) is 8.54. The fourth-order valence-corrected chi connectivity index (χ4v) is 3.96. The number of halogens is 1. The first-order valence-corrected chi connectivity index (χ1v) is 9.91. The molecular formula is C20H17ClN4O2S. The van der Waals surface area contributed by atoms with Crippen LogP contribution in [-0.2, 0) is 4.79 Å². The van der Waals surface area contributed by atoms with Crippen LogP contribution in [0.2, 0.25) is 5.02 Å². The number of carbonyl (C=O) groups is 1. The summed E-state index contributed by atoms with van der Waals surface area (Å²) < 4.78 is 5.30. The van der Waals surface area contributed by atoms with Gasteiger partial charge in [0.2, 0.25) is 5.91 Å². The van der Waals surface area contributed by atoms with Crippen molar-refractivity contribution in [3.05, 3.63) is 53.3 Å². The summed E-state index contributed by atoms with van der Waals surface area (Å²) in [5, 5.41) is 5.02. The SMILES string of the molecule is COc1ccc2[nH]c3c(SCC(=O)Nc4ccc(C)cc4Cl)ncnc3c2c1. The number of ether oxygens (including phenoxy) is 1. The Hall–Kier alpha value is -2.77. The monoisotopic (exact) mass is 412 g/mol. The molecule has 0 unspecified atom stereocenters. The Morgan fingerprint density at radius 2 is 2.11 bits per heavy atom. The number of hydrogen-bond acceptors (Lipinski definition) is 5. The maximum Gasteiger partial charge on any atom is 0.234 e. The number of methoxy groups -OCH3 is 1. The molecule has 0 fully saturated rings. The zero-order chi connectivity index (χ0) is 19.7. The molecule has 0 bridgehead atoms. The van der Waals surface area contributed by atoms with E-state index in [0.29, 0.717) is 15.7 Å². The maximum atomic E-state index is 12.4. The molecule has 0 saturated heterocycles. The number of thioether (sulfide) groups is 1.